The molecule has 1 atom stereocenters. The Bertz CT molecular complexity index is 1490. The standard InChI is InChI=1S/C32H37Cl2N3O4S/c1-3-29(32(39)35-26-13-6-4-7-14-26)36(21-24-12-10-11-17-28(24)34)31(38)22-37(30-19-18-25(33)20-23(30)2)42(40,41)27-15-8-5-9-16-27/h5,8-12,15-20,26,29H,3-4,6-7,13-14,21-22H2,1-2H3,(H,35,39)/t29-/m0/s1. The van der Waals surface area contributed by atoms with E-state index < -0.39 is 28.5 Å². The number of carbonyl (C=O) groups excluding carboxylic acids is 2. The number of hydrogen-bond donors (Lipinski definition) is 1. The van der Waals surface area contributed by atoms with Gasteiger partial charge in [0.15, 0.2) is 0 Å². The molecule has 0 bridgehead atoms. The number of hydrogen-bond acceptors (Lipinski definition) is 4. The van der Waals surface area contributed by atoms with Gasteiger partial charge in [-0.25, -0.2) is 8.42 Å². The van der Waals surface area contributed by atoms with Crippen molar-refractivity contribution in [2.45, 2.75) is 75.9 Å². The predicted molar refractivity (Wildman–Crippen MR) is 168 cm³/mol. The summed E-state index contributed by atoms with van der Waals surface area (Å²) < 4.78 is 29.1. The van der Waals surface area contributed by atoms with Crippen LogP contribution in [0, 0.1) is 6.92 Å². The average Bonchev–Trinajstić information content (AvgIpc) is 2.98. The minimum absolute atomic E-state index is 0.0480. The Kier molecular flexibility index (Phi) is 10.9. The molecule has 3 aromatic rings. The van der Waals surface area contributed by atoms with Crippen molar-refractivity contribution in [1.82, 2.24) is 10.2 Å². The van der Waals surface area contributed by atoms with Crippen LogP contribution in [-0.2, 0) is 26.2 Å². The van der Waals surface area contributed by atoms with Gasteiger partial charge in [-0.3, -0.25) is 13.9 Å². The summed E-state index contributed by atoms with van der Waals surface area (Å²) in [5.41, 5.74) is 1.58. The molecule has 1 aliphatic rings. The van der Waals surface area contributed by atoms with Crippen LogP contribution in [0.15, 0.2) is 77.7 Å². The zero-order valence-corrected chi connectivity index (χ0v) is 26.3. The van der Waals surface area contributed by atoms with Gasteiger partial charge in [-0.1, -0.05) is 85.8 Å². The van der Waals surface area contributed by atoms with E-state index in [4.69, 9.17) is 23.2 Å². The van der Waals surface area contributed by atoms with Crippen LogP contribution in [0.3, 0.4) is 0 Å². The Morgan fingerprint density at radius 3 is 2.26 bits per heavy atom. The van der Waals surface area contributed by atoms with Gasteiger partial charge in [-0.15, -0.1) is 0 Å². The van der Waals surface area contributed by atoms with E-state index in [1.807, 2.05) is 13.0 Å². The predicted octanol–water partition coefficient (Wildman–Crippen LogP) is 6.75. The third-order valence-electron chi connectivity index (χ3n) is 7.67. The number of nitrogens with one attached hydrogen (secondary N) is 1. The average molecular weight is 631 g/mol. The van der Waals surface area contributed by atoms with E-state index in [1.54, 1.807) is 61.5 Å². The van der Waals surface area contributed by atoms with E-state index in [1.165, 1.54) is 17.0 Å². The van der Waals surface area contributed by atoms with Gasteiger partial charge in [0.25, 0.3) is 10.0 Å². The van der Waals surface area contributed by atoms with Crippen LogP contribution in [0.1, 0.15) is 56.6 Å². The molecule has 1 saturated carbocycles. The number of aryl methyl sites for hydroxylation is 1. The lowest BCUT2D eigenvalue weighted by atomic mass is 9.95. The normalized spacial score (nSPS) is 14.7. The van der Waals surface area contributed by atoms with Crippen molar-refractivity contribution >= 4 is 50.7 Å². The van der Waals surface area contributed by atoms with E-state index in [9.17, 15) is 18.0 Å². The SMILES string of the molecule is CC[C@@H](C(=O)NC1CCCCC1)N(Cc1ccccc1Cl)C(=O)CN(c1ccc(Cl)cc1C)S(=O)(=O)c1ccccc1. The summed E-state index contributed by atoms with van der Waals surface area (Å²) in [5, 5.41) is 4.06. The van der Waals surface area contributed by atoms with Gasteiger partial charge in [-0.2, -0.15) is 0 Å². The molecule has 0 radical (unpaired) electrons. The molecule has 0 aromatic heterocycles. The minimum atomic E-state index is -4.16. The van der Waals surface area contributed by atoms with Crippen molar-refractivity contribution in [3.63, 3.8) is 0 Å². The van der Waals surface area contributed by atoms with Crippen molar-refractivity contribution in [2.75, 3.05) is 10.8 Å². The van der Waals surface area contributed by atoms with Gasteiger partial charge in [0.2, 0.25) is 11.8 Å². The highest BCUT2D eigenvalue weighted by atomic mass is 35.5. The second-order valence-corrected chi connectivity index (χ2v) is 13.3. The van der Waals surface area contributed by atoms with Crippen molar-refractivity contribution in [2.24, 2.45) is 0 Å². The van der Waals surface area contributed by atoms with Crippen LogP contribution in [0.4, 0.5) is 5.69 Å². The molecule has 0 saturated heterocycles. The van der Waals surface area contributed by atoms with Gasteiger partial charge in [0, 0.05) is 22.6 Å². The fourth-order valence-corrected chi connectivity index (χ4v) is 7.33. The number of rotatable bonds is 11. The fraction of sp³-hybridized carbons (Fsp3) is 0.375. The van der Waals surface area contributed by atoms with Gasteiger partial charge in [-0.05, 0) is 73.7 Å². The van der Waals surface area contributed by atoms with Gasteiger partial charge >= 0.3 is 0 Å². The lowest BCUT2D eigenvalue weighted by Crippen LogP contribution is -2.54. The first-order chi connectivity index (χ1) is 20.1. The number of nitrogens with zero attached hydrogens (tertiary/aromatic N) is 2. The van der Waals surface area contributed by atoms with Crippen LogP contribution in [0.5, 0.6) is 0 Å². The third-order valence-corrected chi connectivity index (χ3v) is 10.1. The van der Waals surface area contributed by atoms with Gasteiger partial charge in [0.05, 0.1) is 10.6 Å². The zero-order valence-electron chi connectivity index (χ0n) is 23.9. The second-order valence-electron chi connectivity index (χ2n) is 10.6. The summed E-state index contributed by atoms with van der Waals surface area (Å²) in [6.45, 7) is 3.12. The van der Waals surface area contributed by atoms with Crippen LogP contribution in [0.25, 0.3) is 0 Å². The second kappa shape index (κ2) is 14.4. The van der Waals surface area contributed by atoms with E-state index in [-0.39, 0.29) is 23.4 Å². The highest BCUT2D eigenvalue weighted by Crippen LogP contribution is 2.30. The topological polar surface area (TPSA) is 86.8 Å². The number of carbonyl (C=O) groups is 2. The Balaban J connectivity index is 1.73. The number of halogens is 2. The van der Waals surface area contributed by atoms with Crippen LogP contribution in [-0.4, -0.2) is 43.8 Å². The lowest BCUT2D eigenvalue weighted by Gasteiger charge is -2.35. The van der Waals surface area contributed by atoms with Crippen molar-refractivity contribution in [3.8, 4) is 0 Å². The smallest absolute Gasteiger partial charge is 0.264 e. The summed E-state index contributed by atoms with van der Waals surface area (Å²) in [4.78, 5) is 29.4. The molecule has 42 heavy (non-hydrogen) atoms. The molecule has 7 nitrogen and oxygen atoms in total. The summed E-state index contributed by atoms with van der Waals surface area (Å²) in [7, 11) is -4.16. The number of amides is 2. The van der Waals surface area contributed by atoms with Gasteiger partial charge < -0.3 is 10.2 Å². The quantitative estimate of drug-likeness (QED) is 0.254. The summed E-state index contributed by atoms with van der Waals surface area (Å²) >= 11 is 12.7. The summed E-state index contributed by atoms with van der Waals surface area (Å²) in [6, 6.07) is 19.2. The molecule has 0 aliphatic heterocycles. The van der Waals surface area contributed by atoms with Crippen LogP contribution < -0.4 is 9.62 Å². The number of anilines is 1. The Morgan fingerprint density at radius 2 is 1.62 bits per heavy atom. The maximum absolute atomic E-state index is 14.3. The number of sulfonamides is 1. The first-order valence-electron chi connectivity index (χ1n) is 14.3. The molecular weight excluding hydrogens is 593 g/mol. The van der Waals surface area contributed by atoms with E-state index in [2.05, 4.69) is 5.32 Å². The molecule has 1 fully saturated rings. The molecule has 2 amide bonds. The molecule has 4 rings (SSSR count). The monoisotopic (exact) mass is 629 g/mol. The first kappa shape index (κ1) is 31.9. The maximum atomic E-state index is 14.3. The van der Waals surface area contributed by atoms with Crippen LogP contribution in [0.2, 0.25) is 10.0 Å². The highest BCUT2D eigenvalue weighted by molar-refractivity contribution is 7.92. The minimum Gasteiger partial charge on any atom is -0.352 e. The Morgan fingerprint density at radius 1 is 0.952 bits per heavy atom. The summed E-state index contributed by atoms with van der Waals surface area (Å²) in [6.07, 6.45) is 5.41. The van der Waals surface area contributed by atoms with Crippen LogP contribution >= 0.6 is 23.2 Å². The fourth-order valence-electron chi connectivity index (χ4n) is 5.41. The molecule has 0 spiro atoms. The first-order valence-corrected chi connectivity index (χ1v) is 16.5. The lowest BCUT2D eigenvalue weighted by molar-refractivity contribution is -0.140. The van der Waals surface area contributed by atoms with Gasteiger partial charge in [0.1, 0.15) is 12.6 Å². The molecule has 3 aromatic carbocycles. The largest absolute Gasteiger partial charge is 0.352 e. The Hall–Kier alpha value is -3.07. The van der Waals surface area contributed by atoms with E-state index in [0.29, 0.717) is 33.3 Å². The zero-order chi connectivity index (χ0) is 30.3. The molecule has 10 heteroatoms. The Labute approximate surface area is 258 Å². The maximum Gasteiger partial charge on any atom is 0.264 e. The molecule has 1 N–H and O–H groups in total. The molecule has 1 aliphatic carbocycles. The summed E-state index contributed by atoms with van der Waals surface area (Å²) in [5.74, 6) is -0.764. The van der Waals surface area contributed by atoms with E-state index in [0.717, 1.165) is 36.4 Å². The molecular formula is C32H37Cl2N3O4S. The third kappa shape index (κ3) is 7.65. The van der Waals surface area contributed by atoms with Crippen molar-refractivity contribution in [3.05, 3.63) is 94.0 Å². The number of benzene rings is 3. The molecule has 224 valence electrons. The molecule has 0 heterocycles. The van der Waals surface area contributed by atoms with Crippen molar-refractivity contribution in [1.29, 1.82) is 0 Å². The highest BCUT2D eigenvalue weighted by Gasteiger charge is 2.35. The van der Waals surface area contributed by atoms with Crippen molar-refractivity contribution < 1.29 is 18.0 Å². The van der Waals surface area contributed by atoms with E-state index >= 15 is 0 Å². The molecule has 0 unspecified atom stereocenters.